The number of phosphoric ester groups is 2. The summed E-state index contributed by atoms with van der Waals surface area (Å²) in [6.07, 6.45) is 66.6. The predicted molar refractivity (Wildman–Crippen MR) is 423 cm³/mol. The second-order valence-electron chi connectivity index (χ2n) is 31.2. The van der Waals surface area contributed by atoms with Gasteiger partial charge in [-0.05, 0) is 37.5 Å². The number of unbranched alkanes of at least 4 members (excludes halogenated alkanes) is 53. The molecule has 0 heterocycles. The van der Waals surface area contributed by atoms with Gasteiger partial charge in [0.2, 0.25) is 0 Å². The van der Waals surface area contributed by atoms with Crippen molar-refractivity contribution >= 4 is 39.5 Å². The summed E-state index contributed by atoms with van der Waals surface area (Å²) < 4.78 is 68.8. The maximum Gasteiger partial charge on any atom is 0.472 e. The van der Waals surface area contributed by atoms with E-state index in [1.54, 1.807) is 0 Å². The van der Waals surface area contributed by atoms with Gasteiger partial charge in [0.25, 0.3) is 0 Å². The minimum atomic E-state index is -4.96. The van der Waals surface area contributed by atoms with Crippen molar-refractivity contribution < 1.29 is 80.2 Å². The Morgan fingerprint density at radius 3 is 0.660 bits per heavy atom. The molecule has 0 saturated heterocycles. The Hall–Kier alpha value is -1.94. The molecule has 5 atom stereocenters. The fraction of sp³-hybridized carbons (Fsp3) is 0.952. The lowest BCUT2D eigenvalue weighted by atomic mass is 10.0. The van der Waals surface area contributed by atoms with Crippen LogP contribution >= 0.6 is 15.6 Å². The highest BCUT2D eigenvalue weighted by molar-refractivity contribution is 7.47. The van der Waals surface area contributed by atoms with Gasteiger partial charge in [-0.2, -0.15) is 0 Å². The molecule has 0 radical (unpaired) electrons. The highest BCUT2D eigenvalue weighted by Crippen LogP contribution is 2.45. The number of aliphatic hydroxyl groups is 1. The summed E-state index contributed by atoms with van der Waals surface area (Å²) in [5.74, 6) is -0.539. The van der Waals surface area contributed by atoms with E-state index in [0.717, 1.165) is 102 Å². The first-order valence-corrected chi connectivity index (χ1v) is 46.5. The molecule has 2 unspecified atom stereocenters. The van der Waals surface area contributed by atoms with E-state index < -0.39 is 97.5 Å². The molecule has 0 aromatic carbocycles. The number of phosphoric acid groups is 2. The molecule has 0 saturated carbocycles. The summed E-state index contributed by atoms with van der Waals surface area (Å²) in [5.41, 5.74) is 0. The van der Waals surface area contributed by atoms with Gasteiger partial charge < -0.3 is 33.8 Å². The van der Waals surface area contributed by atoms with Crippen LogP contribution in [0.4, 0.5) is 0 Å². The highest BCUT2D eigenvalue weighted by Gasteiger charge is 2.30. The lowest BCUT2D eigenvalue weighted by molar-refractivity contribution is -0.161. The first-order chi connectivity index (χ1) is 49.9. The Kier molecular flexibility index (Phi) is 74.1. The summed E-state index contributed by atoms with van der Waals surface area (Å²) in [7, 11) is -9.92. The Morgan fingerprint density at radius 1 is 0.262 bits per heavy atom. The van der Waals surface area contributed by atoms with Crippen molar-refractivity contribution in [3.8, 4) is 0 Å². The van der Waals surface area contributed by atoms with Crippen LogP contribution in [-0.2, 0) is 65.4 Å². The molecule has 0 aliphatic rings. The van der Waals surface area contributed by atoms with E-state index in [4.69, 9.17) is 37.0 Å². The zero-order chi connectivity index (χ0) is 75.6. The van der Waals surface area contributed by atoms with Crippen LogP contribution in [0.25, 0.3) is 0 Å². The third-order valence-corrected chi connectivity index (χ3v) is 21.6. The van der Waals surface area contributed by atoms with Crippen LogP contribution in [0.5, 0.6) is 0 Å². The average molecular weight is 1510 g/mol. The molecular weight excluding hydrogens is 1340 g/mol. The van der Waals surface area contributed by atoms with Gasteiger partial charge in [-0.1, -0.05) is 395 Å². The Balaban J connectivity index is 5.24. The topological polar surface area (TPSA) is 237 Å². The quantitative estimate of drug-likeness (QED) is 0.0222. The minimum absolute atomic E-state index is 0.108. The number of hydrogen-bond donors (Lipinski definition) is 3. The van der Waals surface area contributed by atoms with Gasteiger partial charge in [0.05, 0.1) is 26.4 Å². The van der Waals surface area contributed by atoms with Crippen molar-refractivity contribution in [3.05, 3.63) is 0 Å². The molecule has 0 aliphatic heterocycles. The second-order valence-corrected chi connectivity index (χ2v) is 34.1. The second kappa shape index (κ2) is 75.5. The molecule has 0 fully saturated rings. The van der Waals surface area contributed by atoms with Crippen LogP contribution in [0, 0.1) is 11.8 Å². The SMILES string of the molecule is CCCCCCCCCCCCCCCCCCCC(=O)OC[C@H](COP(=O)(O)OC[C@@H](O)COP(=O)(O)OC[C@@H](COC(=O)CCCCCCCCCCCC(C)C)OC(=O)CCCCCCCCCCCCCCC)OC(=O)CCCCCCCCCCCCCCCCCCCCC(C)C. The Bertz CT molecular complexity index is 1980. The van der Waals surface area contributed by atoms with Gasteiger partial charge in [0.1, 0.15) is 19.3 Å². The van der Waals surface area contributed by atoms with Gasteiger partial charge >= 0.3 is 39.5 Å². The van der Waals surface area contributed by atoms with Crippen molar-refractivity contribution in [1.29, 1.82) is 0 Å². The van der Waals surface area contributed by atoms with E-state index in [1.165, 1.54) is 263 Å². The van der Waals surface area contributed by atoms with Gasteiger partial charge in [-0.25, -0.2) is 9.13 Å². The number of ether oxygens (including phenoxy) is 4. The molecular formula is C84H164O17P2. The Morgan fingerprint density at radius 2 is 0.447 bits per heavy atom. The summed E-state index contributed by atoms with van der Waals surface area (Å²) in [6, 6.07) is 0. The molecule has 0 aromatic heterocycles. The summed E-state index contributed by atoms with van der Waals surface area (Å²) in [6.45, 7) is 9.68. The summed E-state index contributed by atoms with van der Waals surface area (Å²) in [4.78, 5) is 73.1. The number of aliphatic hydroxyl groups excluding tert-OH is 1. The van der Waals surface area contributed by atoms with Crippen molar-refractivity contribution in [1.82, 2.24) is 0 Å². The zero-order valence-electron chi connectivity index (χ0n) is 67.6. The minimum Gasteiger partial charge on any atom is -0.462 e. The molecule has 17 nitrogen and oxygen atoms in total. The first kappa shape index (κ1) is 101. The van der Waals surface area contributed by atoms with Gasteiger partial charge in [0.15, 0.2) is 12.2 Å². The molecule has 0 spiro atoms. The summed E-state index contributed by atoms with van der Waals surface area (Å²) in [5, 5.41) is 10.7. The monoisotopic (exact) mass is 1510 g/mol. The molecule has 0 aliphatic carbocycles. The number of hydrogen-bond acceptors (Lipinski definition) is 15. The molecule has 0 amide bonds. The molecule has 3 N–H and O–H groups in total. The number of esters is 4. The molecule has 0 aromatic rings. The molecule has 0 bridgehead atoms. The van der Waals surface area contributed by atoms with E-state index in [0.29, 0.717) is 25.7 Å². The van der Waals surface area contributed by atoms with E-state index in [-0.39, 0.29) is 25.7 Å². The number of rotatable bonds is 83. The fourth-order valence-electron chi connectivity index (χ4n) is 13.1. The van der Waals surface area contributed by atoms with Gasteiger partial charge in [-0.3, -0.25) is 37.3 Å². The summed E-state index contributed by atoms with van der Waals surface area (Å²) >= 11 is 0. The third-order valence-electron chi connectivity index (χ3n) is 19.7. The lowest BCUT2D eigenvalue weighted by Gasteiger charge is -2.21. The standard InChI is InChI=1S/C84H164O17P2/c1-7-9-11-13-15-17-19-21-22-25-29-33-36-42-48-54-60-66-81(86)94-72-79(100-84(89)69-63-57-51-44-38-34-30-27-24-23-26-28-32-35-40-46-52-58-64-76(3)4)74-98-102(90,91)96-70-78(85)71-97-103(92,93)99-75-80(73-95-82(87)67-61-55-49-45-39-41-47-53-59-65-77(5)6)101-83(88)68-62-56-50-43-37-31-20-18-16-14-12-10-8-2/h76-80,85H,7-75H2,1-6H3,(H,90,91)(H,92,93)/t78-,79-,80-/m1/s1. The lowest BCUT2D eigenvalue weighted by Crippen LogP contribution is -2.30. The maximum atomic E-state index is 13.1. The molecule has 612 valence electrons. The van der Waals surface area contributed by atoms with Crippen LogP contribution in [0.2, 0.25) is 0 Å². The highest BCUT2D eigenvalue weighted by atomic mass is 31.2. The molecule has 0 rings (SSSR count). The van der Waals surface area contributed by atoms with Crippen LogP contribution in [0.1, 0.15) is 446 Å². The Labute approximate surface area is 632 Å². The smallest absolute Gasteiger partial charge is 0.462 e. The van der Waals surface area contributed by atoms with E-state index in [9.17, 15) is 43.2 Å². The predicted octanol–water partition coefficient (Wildman–Crippen LogP) is 25.5. The zero-order valence-corrected chi connectivity index (χ0v) is 69.4. The number of carbonyl (C=O) groups excluding carboxylic acids is 4. The normalized spacial score (nSPS) is 13.9. The molecule has 19 heteroatoms. The van der Waals surface area contributed by atoms with Crippen LogP contribution in [-0.4, -0.2) is 96.7 Å². The van der Waals surface area contributed by atoms with E-state index in [1.807, 2.05) is 0 Å². The number of carbonyl (C=O) groups is 4. The third kappa shape index (κ3) is 78.0. The van der Waals surface area contributed by atoms with Crippen LogP contribution in [0.3, 0.4) is 0 Å². The van der Waals surface area contributed by atoms with Crippen LogP contribution in [0.15, 0.2) is 0 Å². The van der Waals surface area contributed by atoms with E-state index >= 15 is 0 Å². The maximum absolute atomic E-state index is 13.1. The van der Waals surface area contributed by atoms with Gasteiger partial charge in [0, 0.05) is 25.7 Å². The largest absolute Gasteiger partial charge is 0.472 e. The van der Waals surface area contributed by atoms with Crippen LogP contribution < -0.4 is 0 Å². The average Bonchev–Trinajstić information content (AvgIpc) is 0.923. The van der Waals surface area contributed by atoms with Crippen molar-refractivity contribution in [2.45, 2.75) is 464 Å². The van der Waals surface area contributed by atoms with Crippen molar-refractivity contribution in [2.24, 2.45) is 11.8 Å². The molecule has 103 heavy (non-hydrogen) atoms. The first-order valence-electron chi connectivity index (χ1n) is 43.5. The van der Waals surface area contributed by atoms with Crippen molar-refractivity contribution in [2.75, 3.05) is 39.6 Å². The van der Waals surface area contributed by atoms with E-state index in [2.05, 4.69) is 41.5 Å². The fourth-order valence-corrected chi connectivity index (χ4v) is 14.6. The van der Waals surface area contributed by atoms with Crippen molar-refractivity contribution in [3.63, 3.8) is 0 Å². The van der Waals surface area contributed by atoms with Gasteiger partial charge in [-0.15, -0.1) is 0 Å².